The van der Waals surface area contributed by atoms with Crippen LogP contribution in [-0.2, 0) is 0 Å². The summed E-state index contributed by atoms with van der Waals surface area (Å²) in [6.07, 6.45) is 7.94. The molecule has 1 atom stereocenters. The molecule has 2 nitrogen and oxygen atoms in total. The quantitative estimate of drug-likeness (QED) is 0.575. The molecule has 0 aliphatic heterocycles. The van der Waals surface area contributed by atoms with Gasteiger partial charge in [-0.05, 0) is 37.6 Å². The molecule has 0 radical (unpaired) electrons. The Morgan fingerprint density at radius 1 is 1.35 bits per heavy atom. The number of nitrogens with one attached hydrogen (secondary N) is 1. The minimum Gasteiger partial charge on any atom is -0.494 e. The monoisotopic (exact) mass is 231 g/mol. The van der Waals surface area contributed by atoms with E-state index in [1.54, 1.807) is 0 Å². The van der Waals surface area contributed by atoms with Crippen molar-refractivity contribution in [2.45, 2.75) is 32.2 Å². The van der Waals surface area contributed by atoms with Crippen LogP contribution in [0.15, 0.2) is 24.3 Å². The average Bonchev–Trinajstić information content (AvgIpc) is 2.38. The predicted octanol–water partition coefficient (Wildman–Crippen LogP) is 3.15. The molecule has 0 amide bonds. The molecule has 0 saturated carbocycles. The van der Waals surface area contributed by atoms with Crippen LogP contribution in [0.1, 0.15) is 37.8 Å². The van der Waals surface area contributed by atoms with Gasteiger partial charge in [-0.3, -0.25) is 0 Å². The zero-order valence-corrected chi connectivity index (χ0v) is 10.7. The number of unbranched alkanes of at least 4 members (excludes halogenated alkanes) is 1. The summed E-state index contributed by atoms with van der Waals surface area (Å²) in [7, 11) is 1.98. The van der Waals surface area contributed by atoms with E-state index in [0.29, 0.717) is 12.6 Å². The van der Waals surface area contributed by atoms with Crippen molar-refractivity contribution in [1.82, 2.24) is 5.32 Å². The van der Waals surface area contributed by atoms with Gasteiger partial charge in [0.05, 0.1) is 6.61 Å². The third-order valence-corrected chi connectivity index (χ3v) is 2.77. The molecule has 0 saturated heterocycles. The molecule has 17 heavy (non-hydrogen) atoms. The average molecular weight is 231 g/mol. The second kappa shape index (κ2) is 7.76. The van der Waals surface area contributed by atoms with Crippen LogP contribution >= 0.6 is 0 Å². The molecule has 1 unspecified atom stereocenters. The highest BCUT2D eigenvalue weighted by Crippen LogP contribution is 2.19. The summed E-state index contributed by atoms with van der Waals surface area (Å²) in [5.41, 5.74) is 1.30. The minimum atomic E-state index is 0.422. The number of ether oxygens (including phenoxy) is 1. The summed E-state index contributed by atoms with van der Waals surface area (Å²) in [4.78, 5) is 0. The molecule has 0 aliphatic rings. The van der Waals surface area contributed by atoms with E-state index < -0.39 is 0 Å². The number of terminal acetylenes is 1. The molecule has 1 N–H and O–H groups in total. The summed E-state index contributed by atoms with van der Waals surface area (Å²) in [5, 5.41) is 3.28. The fraction of sp³-hybridized carbons (Fsp3) is 0.467. The van der Waals surface area contributed by atoms with Crippen LogP contribution in [0.25, 0.3) is 0 Å². The molecule has 1 aromatic carbocycles. The second-order valence-corrected chi connectivity index (χ2v) is 3.97. The maximum atomic E-state index is 5.59. The third kappa shape index (κ3) is 4.50. The lowest BCUT2D eigenvalue weighted by Crippen LogP contribution is -2.14. The van der Waals surface area contributed by atoms with Crippen molar-refractivity contribution in [2.24, 2.45) is 0 Å². The van der Waals surface area contributed by atoms with Gasteiger partial charge >= 0.3 is 0 Å². The van der Waals surface area contributed by atoms with Gasteiger partial charge in [-0.25, -0.2) is 0 Å². The van der Waals surface area contributed by atoms with Gasteiger partial charge in [0.2, 0.25) is 0 Å². The Kier molecular flexibility index (Phi) is 6.21. The Morgan fingerprint density at radius 3 is 2.59 bits per heavy atom. The zero-order valence-electron chi connectivity index (χ0n) is 10.7. The molecule has 0 heterocycles. The SMILES string of the molecule is C#CCCCOc1ccc(C(CC)NC)cc1. The molecule has 0 spiro atoms. The van der Waals surface area contributed by atoms with Crippen molar-refractivity contribution >= 4 is 0 Å². The van der Waals surface area contributed by atoms with Gasteiger partial charge < -0.3 is 10.1 Å². The van der Waals surface area contributed by atoms with Gasteiger partial charge in [-0.15, -0.1) is 12.3 Å². The normalized spacial score (nSPS) is 11.8. The van der Waals surface area contributed by atoms with Crippen LogP contribution < -0.4 is 10.1 Å². The first kappa shape index (κ1) is 13.6. The van der Waals surface area contributed by atoms with Crippen molar-refractivity contribution in [2.75, 3.05) is 13.7 Å². The first-order valence-electron chi connectivity index (χ1n) is 6.15. The molecule has 0 aliphatic carbocycles. The van der Waals surface area contributed by atoms with Crippen molar-refractivity contribution < 1.29 is 4.74 Å². The van der Waals surface area contributed by atoms with Crippen LogP contribution in [-0.4, -0.2) is 13.7 Å². The van der Waals surface area contributed by atoms with E-state index in [0.717, 1.165) is 25.0 Å². The lowest BCUT2D eigenvalue weighted by atomic mass is 10.1. The van der Waals surface area contributed by atoms with Gasteiger partial charge in [0, 0.05) is 12.5 Å². The Hall–Kier alpha value is -1.46. The first-order valence-corrected chi connectivity index (χ1v) is 6.15. The fourth-order valence-corrected chi connectivity index (χ4v) is 1.77. The Morgan fingerprint density at radius 2 is 2.06 bits per heavy atom. The number of hydrogen-bond acceptors (Lipinski definition) is 2. The number of hydrogen-bond donors (Lipinski definition) is 1. The largest absolute Gasteiger partial charge is 0.494 e. The first-order chi connectivity index (χ1) is 8.31. The molecular formula is C15H21NO. The molecule has 1 rings (SSSR count). The van der Waals surface area contributed by atoms with E-state index in [-0.39, 0.29) is 0 Å². The van der Waals surface area contributed by atoms with Crippen molar-refractivity contribution in [3.05, 3.63) is 29.8 Å². The van der Waals surface area contributed by atoms with E-state index in [9.17, 15) is 0 Å². The summed E-state index contributed by atoms with van der Waals surface area (Å²) in [6, 6.07) is 8.68. The summed E-state index contributed by atoms with van der Waals surface area (Å²) in [5.74, 6) is 3.52. The topological polar surface area (TPSA) is 21.3 Å². The smallest absolute Gasteiger partial charge is 0.119 e. The van der Waals surface area contributed by atoms with Crippen molar-refractivity contribution in [3.8, 4) is 18.1 Å². The third-order valence-electron chi connectivity index (χ3n) is 2.77. The molecule has 1 aromatic rings. The Labute approximate surface area is 104 Å². The summed E-state index contributed by atoms with van der Waals surface area (Å²) >= 11 is 0. The maximum absolute atomic E-state index is 5.59. The Balaban J connectivity index is 2.47. The van der Waals surface area contributed by atoms with Gasteiger partial charge in [0.25, 0.3) is 0 Å². The summed E-state index contributed by atoms with van der Waals surface area (Å²) in [6.45, 7) is 2.86. The van der Waals surface area contributed by atoms with Crippen LogP contribution in [0.2, 0.25) is 0 Å². The molecule has 2 heteroatoms. The van der Waals surface area contributed by atoms with Gasteiger partial charge in [0.1, 0.15) is 5.75 Å². The predicted molar refractivity (Wildman–Crippen MR) is 72.1 cm³/mol. The van der Waals surface area contributed by atoms with Crippen LogP contribution in [0.3, 0.4) is 0 Å². The molecule has 92 valence electrons. The van der Waals surface area contributed by atoms with Crippen LogP contribution in [0, 0.1) is 12.3 Å². The highest BCUT2D eigenvalue weighted by atomic mass is 16.5. The van der Waals surface area contributed by atoms with E-state index in [2.05, 4.69) is 30.3 Å². The highest BCUT2D eigenvalue weighted by molar-refractivity contribution is 5.29. The standard InChI is InChI=1S/C15H21NO/c1-4-6-7-12-17-14-10-8-13(9-11-14)15(5-2)16-3/h1,8-11,15-16H,5-7,12H2,2-3H3. The minimum absolute atomic E-state index is 0.422. The number of rotatable bonds is 7. The highest BCUT2D eigenvalue weighted by Gasteiger charge is 2.05. The maximum Gasteiger partial charge on any atom is 0.119 e. The van der Waals surface area contributed by atoms with Gasteiger partial charge in [-0.1, -0.05) is 19.1 Å². The fourth-order valence-electron chi connectivity index (χ4n) is 1.77. The van der Waals surface area contributed by atoms with Crippen molar-refractivity contribution in [1.29, 1.82) is 0 Å². The lowest BCUT2D eigenvalue weighted by Gasteiger charge is -2.14. The van der Waals surface area contributed by atoms with Crippen LogP contribution in [0.5, 0.6) is 5.75 Å². The summed E-state index contributed by atoms with van der Waals surface area (Å²) < 4.78 is 5.59. The van der Waals surface area contributed by atoms with Crippen molar-refractivity contribution in [3.63, 3.8) is 0 Å². The van der Waals surface area contributed by atoms with E-state index in [1.807, 2.05) is 19.2 Å². The Bertz CT molecular complexity index is 346. The molecule has 0 bridgehead atoms. The molecular weight excluding hydrogens is 210 g/mol. The second-order valence-electron chi connectivity index (χ2n) is 3.97. The van der Waals surface area contributed by atoms with Gasteiger partial charge in [-0.2, -0.15) is 0 Å². The molecule has 0 fully saturated rings. The van der Waals surface area contributed by atoms with Crippen LogP contribution in [0.4, 0.5) is 0 Å². The lowest BCUT2D eigenvalue weighted by molar-refractivity contribution is 0.313. The zero-order chi connectivity index (χ0) is 12.5. The number of benzene rings is 1. The van der Waals surface area contributed by atoms with E-state index >= 15 is 0 Å². The molecule has 0 aromatic heterocycles. The van der Waals surface area contributed by atoms with Gasteiger partial charge in [0.15, 0.2) is 0 Å². The van der Waals surface area contributed by atoms with E-state index in [4.69, 9.17) is 11.2 Å². The van der Waals surface area contributed by atoms with E-state index in [1.165, 1.54) is 5.56 Å².